The van der Waals surface area contributed by atoms with Gasteiger partial charge in [0.05, 0.1) is 0 Å². The van der Waals surface area contributed by atoms with Crippen LogP contribution < -0.4 is 0 Å². The van der Waals surface area contributed by atoms with Crippen LogP contribution in [0.4, 0.5) is 0 Å². The van der Waals surface area contributed by atoms with Gasteiger partial charge in [-0.15, -0.1) is 0 Å². The molecule has 0 amide bonds. The van der Waals surface area contributed by atoms with Gasteiger partial charge < -0.3 is 0 Å². The highest BCUT2D eigenvalue weighted by molar-refractivity contribution is 5.10. The maximum absolute atomic E-state index is 2.21. The average molecular weight is 138 g/mol. The third-order valence-corrected chi connectivity index (χ3v) is 1.03. The Balaban J connectivity index is 3.90. The summed E-state index contributed by atoms with van der Waals surface area (Å²) in [4.78, 5) is 0. The molecule has 0 heterocycles. The Labute approximate surface area is 64.6 Å². The molecule has 0 aliphatic carbocycles. The highest BCUT2D eigenvalue weighted by Gasteiger charge is 2.01. The molecular weight excluding hydrogens is 120 g/mol. The molecule has 0 aliphatic heterocycles. The van der Waals surface area contributed by atoms with Crippen LogP contribution in [-0.4, -0.2) is 0 Å². The second-order valence-electron chi connectivity index (χ2n) is 3.97. The summed E-state index contributed by atoms with van der Waals surface area (Å²) in [6, 6.07) is 0. The molecule has 0 nitrogen and oxygen atoms in total. The van der Waals surface area contributed by atoms with Gasteiger partial charge in [-0.3, -0.25) is 0 Å². The molecule has 0 saturated heterocycles. The summed E-state index contributed by atoms with van der Waals surface area (Å²) < 4.78 is 0. The van der Waals surface area contributed by atoms with Crippen molar-refractivity contribution in [2.24, 2.45) is 5.41 Å². The van der Waals surface area contributed by atoms with Crippen molar-refractivity contribution in [1.29, 1.82) is 0 Å². The molecule has 58 valence electrons. The van der Waals surface area contributed by atoms with Crippen LogP contribution in [0.2, 0.25) is 0 Å². The monoisotopic (exact) mass is 138 g/mol. The minimum atomic E-state index is 0.311. The van der Waals surface area contributed by atoms with E-state index < -0.39 is 0 Å². The minimum Gasteiger partial charge on any atom is -0.0791 e. The zero-order chi connectivity index (χ0) is 8.20. The van der Waals surface area contributed by atoms with Gasteiger partial charge in [0.25, 0.3) is 0 Å². The van der Waals surface area contributed by atoms with Crippen LogP contribution in [0.3, 0.4) is 0 Å². The standard InChI is InChI=1S/C10H18/c1-9(2)7-6-8-10(3,4)5/h6-8H,1-5H3/b8-6+. The molecule has 10 heavy (non-hydrogen) atoms. The van der Waals surface area contributed by atoms with E-state index in [1.807, 2.05) is 0 Å². The lowest BCUT2D eigenvalue weighted by atomic mass is 9.96. The van der Waals surface area contributed by atoms with Crippen molar-refractivity contribution in [3.63, 3.8) is 0 Å². The first kappa shape index (κ1) is 9.48. The fourth-order valence-electron chi connectivity index (χ4n) is 0.529. The Morgan fingerprint density at radius 1 is 1.10 bits per heavy atom. The summed E-state index contributed by atoms with van der Waals surface area (Å²) in [6.45, 7) is 10.8. The molecule has 0 radical (unpaired) electrons. The van der Waals surface area contributed by atoms with Crippen molar-refractivity contribution in [3.05, 3.63) is 23.8 Å². The van der Waals surface area contributed by atoms with E-state index in [1.165, 1.54) is 5.57 Å². The second-order valence-corrected chi connectivity index (χ2v) is 3.97. The van der Waals surface area contributed by atoms with Crippen LogP contribution in [0.1, 0.15) is 34.6 Å². The van der Waals surface area contributed by atoms with E-state index in [-0.39, 0.29) is 0 Å². The fraction of sp³-hybridized carbons (Fsp3) is 0.600. The van der Waals surface area contributed by atoms with Crippen molar-refractivity contribution in [1.82, 2.24) is 0 Å². The summed E-state index contributed by atoms with van der Waals surface area (Å²) in [5, 5.41) is 0. The van der Waals surface area contributed by atoms with Crippen molar-refractivity contribution in [2.45, 2.75) is 34.6 Å². The molecule has 0 fully saturated rings. The molecule has 0 bridgehead atoms. The summed E-state index contributed by atoms with van der Waals surface area (Å²) in [5.41, 5.74) is 1.66. The normalized spacial score (nSPS) is 12.1. The van der Waals surface area contributed by atoms with Crippen molar-refractivity contribution in [2.75, 3.05) is 0 Å². The summed E-state index contributed by atoms with van der Waals surface area (Å²) in [7, 11) is 0. The average Bonchev–Trinajstić information content (AvgIpc) is 1.59. The second kappa shape index (κ2) is 3.60. The Hall–Kier alpha value is -0.520. The molecule has 0 aromatic heterocycles. The summed E-state index contributed by atoms with van der Waals surface area (Å²) >= 11 is 0. The number of rotatable bonds is 1. The zero-order valence-corrected chi connectivity index (χ0v) is 7.73. The van der Waals surface area contributed by atoms with Gasteiger partial charge in [-0.25, -0.2) is 0 Å². The number of allylic oxidation sites excluding steroid dienone is 4. The lowest BCUT2D eigenvalue weighted by Gasteiger charge is -2.09. The molecule has 0 heteroatoms. The van der Waals surface area contributed by atoms with Gasteiger partial charge in [0.2, 0.25) is 0 Å². The van der Waals surface area contributed by atoms with Crippen molar-refractivity contribution < 1.29 is 0 Å². The van der Waals surface area contributed by atoms with Gasteiger partial charge in [-0.05, 0) is 19.3 Å². The molecule has 0 aromatic carbocycles. The highest BCUT2D eigenvalue weighted by atomic mass is 14.1. The van der Waals surface area contributed by atoms with Crippen LogP contribution in [0, 0.1) is 5.41 Å². The van der Waals surface area contributed by atoms with Gasteiger partial charge in [0.15, 0.2) is 0 Å². The smallest absolute Gasteiger partial charge is 0.0200 e. The molecule has 0 aromatic rings. The van der Waals surface area contributed by atoms with Gasteiger partial charge in [-0.1, -0.05) is 44.6 Å². The first-order chi connectivity index (χ1) is 4.42. The lowest BCUT2D eigenvalue weighted by Crippen LogP contribution is -1.97. The Bertz CT molecular complexity index is 138. The largest absolute Gasteiger partial charge is 0.0791 e. The molecule has 0 unspecified atom stereocenters. The van der Waals surface area contributed by atoms with E-state index in [0.717, 1.165) is 0 Å². The first-order valence-corrected chi connectivity index (χ1v) is 3.74. The fourth-order valence-corrected chi connectivity index (χ4v) is 0.529. The number of hydrogen-bond acceptors (Lipinski definition) is 0. The van der Waals surface area contributed by atoms with E-state index in [1.54, 1.807) is 0 Å². The molecular formula is C10H18. The van der Waals surface area contributed by atoms with Crippen molar-refractivity contribution in [3.8, 4) is 0 Å². The SMILES string of the molecule is CC(C)=C/C=C/C(C)(C)C. The van der Waals surface area contributed by atoms with Crippen molar-refractivity contribution >= 4 is 0 Å². The quantitative estimate of drug-likeness (QED) is 0.486. The van der Waals surface area contributed by atoms with Crippen LogP contribution in [0.15, 0.2) is 23.8 Å². The molecule has 0 aliphatic rings. The Morgan fingerprint density at radius 2 is 1.60 bits per heavy atom. The van der Waals surface area contributed by atoms with Crippen LogP contribution >= 0.6 is 0 Å². The maximum Gasteiger partial charge on any atom is -0.0200 e. The Morgan fingerprint density at radius 3 is 1.90 bits per heavy atom. The van der Waals surface area contributed by atoms with E-state index in [4.69, 9.17) is 0 Å². The minimum absolute atomic E-state index is 0.311. The van der Waals surface area contributed by atoms with Gasteiger partial charge >= 0.3 is 0 Å². The molecule has 0 spiro atoms. The summed E-state index contributed by atoms with van der Waals surface area (Å²) in [6.07, 6.45) is 6.46. The lowest BCUT2D eigenvalue weighted by molar-refractivity contribution is 0.544. The molecule has 0 rings (SSSR count). The van der Waals surface area contributed by atoms with Gasteiger partial charge in [0.1, 0.15) is 0 Å². The van der Waals surface area contributed by atoms with Crippen LogP contribution in [0.25, 0.3) is 0 Å². The van der Waals surface area contributed by atoms with E-state index >= 15 is 0 Å². The maximum atomic E-state index is 2.21. The molecule has 0 saturated carbocycles. The third kappa shape index (κ3) is 7.48. The first-order valence-electron chi connectivity index (χ1n) is 3.74. The predicted molar refractivity (Wildman–Crippen MR) is 48.0 cm³/mol. The highest BCUT2D eigenvalue weighted by Crippen LogP contribution is 2.14. The van der Waals surface area contributed by atoms with E-state index in [9.17, 15) is 0 Å². The zero-order valence-electron chi connectivity index (χ0n) is 7.73. The van der Waals surface area contributed by atoms with Gasteiger partial charge in [-0.2, -0.15) is 0 Å². The predicted octanol–water partition coefficient (Wildman–Crippen LogP) is 3.55. The van der Waals surface area contributed by atoms with E-state index in [0.29, 0.717) is 5.41 Å². The van der Waals surface area contributed by atoms with E-state index in [2.05, 4.69) is 52.8 Å². The van der Waals surface area contributed by atoms with Crippen LogP contribution in [-0.2, 0) is 0 Å². The van der Waals surface area contributed by atoms with Gasteiger partial charge in [0, 0.05) is 0 Å². The van der Waals surface area contributed by atoms with Crippen LogP contribution in [0.5, 0.6) is 0 Å². The third-order valence-electron chi connectivity index (χ3n) is 1.03. The summed E-state index contributed by atoms with van der Waals surface area (Å²) in [5.74, 6) is 0. The topological polar surface area (TPSA) is 0 Å². The molecule has 0 atom stereocenters. The Kier molecular flexibility index (Phi) is 3.41. The molecule has 0 N–H and O–H groups in total. The number of hydrogen-bond donors (Lipinski definition) is 0.